The number of nitrogens with zero attached hydrogens (tertiary/aromatic N) is 1. The molecule has 2 N–H and O–H groups in total. The fourth-order valence-corrected chi connectivity index (χ4v) is 1.91. The van der Waals surface area contributed by atoms with Crippen LogP contribution in [0.25, 0.3) is 0 Å². The highest BCUT2D eigenvalue weighted by molar-refractivity contribution is 5.29. The molecule has 0 aliphatic heterocycles. The molecule has 10 heteroatoms. The fraction of sp³-hybridized carbons (Fsp3) is 0.267. The zero-order chi connectivity index (χ0) is 18.8. The third-order valence-corrected chi connectivity index (χ3v) is 3.18. The second-order valence-corrected chi connectivity index (χ2v) is 5.03. The van der Waals surface area contributed by atoms with Crippen LogP contribution in [0.15, 0.2) is 36.5 Å². The van der Waals surface area contributed by atoms with Gasteiger partial charge in [0.05, 0.1) is 17.8 Å². The molecule has 1 aromatic carbocycles. The maximum Gasteiger partial charge on any atom is 0.433 e. The van der Waals surface area contributed by atoms with E-state index in [9.17, 15) is 30.7 Å². The smallest absolute Gasteiger partial charge is 0.433 e. The van der Waals surface area contributed by atoms with Crippen molar-refractivity contribution in [2.75, 3.05) is 6.61 Å². The second kappa shape index (κ2) is 6.87. The molecule has 136 valence electrons. The van der Waals surface area contributed by atoms with Crippen LogP contribution in [0.4, 0.5) is 30.7 Å². The summed E-state index contributed by atoms with van der Waals surface area (Å²) in [6, 6.07) is 2.92. The van der Waals surface area contributed by atoms with Crippen LogP contribution in [0.5, 0.6) is 5.75 Å². The summed E-state index contributed by atoms with van der Waals surface area (Å²) in [5, 5.41) is 0. The van der Waals surface area contributed by atoms with E-state index in [1.807, 2.05) is 0 Å². The summed E-state index contributed by atoms with van der Waals surface area (Å²) in [5.74, 6) is -1.47. The van der Waals surface area contributed by atoms with Crippen molar-refractivity contribution in [1.29, 1.82) is 0 Å². The molecular formula is C15H11F7N2O. The Morgan fingerprint density at radius 3 is 2.20 bits per heavy atom. The molecule has 1 aromatic heterocycles. The van der Waals surface area contributed by atoms with E-state index >= 15 is 0 Å². The predicted molar refractivity (Wildman–Crippen MR) is 73.1 cm³/mol. The molecule has 0 bridgehead atoms. The van der Waals surface area contributed by atoms with Gasteiger partial charge in [-0.1, -0.05) is 6.07 Å². The summed E-state index contributed by atoms with van der Waals surface area (Å²) in [5.41, 5.74) is 3.08. The van der Waals surface area contributed by atoms with Gasteiger partial charge in [-0.2, -0.15) is 26.3 Å². The first-order valence-electron chi connectivity index (χ1n) is 6.77. The molecule has 1 heterocycles. The summed E-state index contributed by atoms with van der Waals surface area (Å²) in [6.07, 6.45) is -8.66. The van der Waals surface area contributed by atoms with E-state index < -0.39 is 35.5 Å². The normalized spacial score (nSPS) is 13.6. The third kappa shape index (κ3) is 4.81. The van der Waals surface area contributed by atoms with E-state index in [4.69, 9.17) is 10.5 Å². The quantitative estimate of drug-likeness (QED) is 0.817. The van der Waals surface area contributed by atoms with Crippen molar-refractivity contribution in [3.8, 4) is 5.75 Å². The number of benzene rings is 1. The van der Waals surface area contributed by atoms with Crippen molar-refractivity contribution < 1.29 is 35.5 Å². The summed E-state index contributed by atoms with van der Waals surface area (Å²) >= 11 is 0. The van der Waals surface area contributed by atoms with Gasteiger partial charge in [-0.25, -0.2) is 9.37 Å². The van der Waals surface area contributed by atoms with Gasteiger partial charge in [-0.3, -0.25) is 0 Å². The van der Waals surface area contributed by atoms with Gasteiger partial charge in [0.2, 0.25) is 0 Å². The van der Waals surface area contributed by atoms with Gasteiger partial charge in [0.15, 0.2) is 0 Å². The standard InChI is InChI=1S/C15H11F7N2O/c16-11-3-1-8(5-10(11)14(17,18)19)12(23)7-25-9-2-4-13(24-6-9)15(20,21)22/h1-6,12H,7,23H2. The van der Waals surface area contributed by atoms with Crippen molar-refractivity contribution in [3.63, 3.8) is 0 Å². The molecule has 2 rings (SSSR count). The minimum Gasteiger partial charge on any atom is -0.490 e. The number of aromatic nitrogens is 1. The summed E-state index contributed by atoms with van der Waals surface area (Å²) in [7, 11) is 0. The fourth-order valence-electron chi connectivity index (χ4n) is 1.91. The van der Waals surface area contributed by atoms with E-state index in [0.717, 1.165) is 18.3 Å². The van der Waals surface area contributed by atoms with Gasteiger partial charge in [-0.15, -0.1) is 0 Å². The van der Waals surface area contributed by atoms with Gasteiger partial charge in [-0.05, 0) is 29.8 Å². The Bertz CT molecular complexity index is 726. The first kappa shape index (κ1) is 19.0. The van der Waals surface area contributed by atoms with E-state index in [0.29, 0.717) is 18.2 Å². The highest BCUT2D eigenvalue weighted by Crippen LogP contribution is 2.33. The highest BCUT2D eigenvalue weighted by atomic mass is 19.4. The lowest BCUT2D eigenvalue weighted by Gasteiger charge is -2.16. The summed E-state index contributed by atoms with van der Waals surface area (Å²) in [6.45, 7) is -0.337. The van der Waals surface area contributed by atoms with E-state index in [1.54, 1.807) is 0 Å². The number of pyridine rings is 1. The first-order valence-corrected chi connectivity index (χ1v) is 6.77. The Hall–Kier alpha value is -2.36. The zero-order valence-electron chi connectivity index (χ0n) is 12.3. The predicted octanol–water partition coefficient (Wildman–Crippen LogP) is 4.34. The molecule has 0 saturated carbocycles. The van der Waals surface area contributed by atoms with E-state index in [2.05, 4.69) is 4.98 Å². The Balaban J connectivity index is 2.07. The average molecular weight is 368 g/mol. The van der Waals surface area contributed by atoms with Crippen molar-refractivity contribution >= 4 is 0 Å². The largest absolute Gasteiger partial charge is 0.490 e. The van der Waals surface area contributed by atoms with Crippen molar-refractivity contribution in [2.24, 2.45) is 5.73 Å². The van der Waals surface area contributed by atoms with Gasteiger partial charge in [0, 0.05) is 0 Å². The Morgan fingerprint density at radius 1 is 1.00 bits per heavy atom. The number of alkyl halides is 6. The maximum absolute atomic E-state index is 13.2. The van der Waals surface area contributed by atoms with Crippen LogP contribution in [0.2, 0.25) is 0 Å². The topological polar surface area (TPSA) is 48.1 Å². The number of hydrogen-bond acceptors (Lipinski definition) is 3. The second-order valence-electron chi connectivity index (χ2n) is 5.03. The van der Waals surface area contributed by atoms with Gasteiger partial charge in [0.25, 0.3) is 0 Å². The lowest BCUT2D eigenvalue weighted by atomic mass is 10.0. The van der Waals surface area contributed by atoms with Crippen LogP contribution in [-0.4, -0.2) is 11.6 Å². The van der Waals surface area contributed by atoms with Crippen molar-refractivity contribution in [1.82, 2.24) is 4.98 Å². The molecule has 1 unspecified atom stereocenters. The van der Waals surface area contributed by atoms with Crippen molar-refractivity contribution in [2.45, 2.75) is 18.4 Å². The number of halogens is 7. The number of rotatable bonds is 4. The zero-order valence-corrected chi connectivity index (χ0v) is 12.3. The molecular weight excluding hydrogens is 357 g/mol. The molecule has 0 aliphatic carbocycles. The SMILES string of the molecule is NC(COc1ccc(C(F)(F)F)nc1)c1ccc(F)c(C(F)(F)F)c1. The molecule has 0 aliphatic rings. The van der Waals surface area contributed by atoms with Crippen LogP contribution in [-0.2, 0) is 12.4 Å². The van der Waals surface area contributed by atoms with Crippen LogP contribution >= 0.6 is 0 Å². The summed E-state index contributed by atoms with van der Waals surface area (Å²) < 4.78 is 93.5. The average Bonchev–Trinajstić information content (AvgIpc) is 2.51. The summed E-state index contributed by atoms with van der Waals surface area (Å²) in [4.78, 5) is 3.17. The lowest BCUT2D eigenvalue weighted by Crippen LogP contribution is -2.20. The number of ether oxygens (including phenoxy) is 1. The van der Waals surface area contributed by atoms with Crippen LogP contribution in [0.3, 0.4) is 0 Å². The number of hydrogen-bond donors (Lipinski definition) is 1. The molecule has 3 nitrogen and oxygen atoms in total. The molecule has 25 heavy (non-hydrogen) atoms. The molecule has 0 saturated heterocycles. The lowest BCUT2D eigenvalue weighted by molar-refractivity contribution is -0.141. The monoisotopic (exact) mass is 368 g/mol. The maximum atomic E-state index is 13.2. The van der Waals surface area contributed by atoms with Crippen LogP contribution in [0.1, 0.15) is 22.9 Å². The van der Waals surface area contributed by atoms with E-state index in [1.165, 1.54) is 0 Å². The van der Waals surface area contributed by atoms with Crippen LogP contribution in [0, 0.1) is 5.82 Å². The third-order valence-electron chi connectivity index (χ3n) is 3.18. The Labute approximate surface area is 137 Å². The molecule has 1 atom stereocenters. The Kier molecular flexibility index (Phi) is 5.21. The molecule has 0 spiro atoms. The molecule has 0 fully saturated rings. The molecule has 0 radical (unpaired) electrons. The minimum atomic E-state index is -4.88. The van der Waals surface area contributed by atoms with Gasteiger partial charge >= 0.3 is 12.4 Å². The van der Waals surface area contributed by atoms with Crippen molar-refractivity contribution in [3.05, 3.63) is 59.2 Å². The van der Waals surface area contributed by atoms with Crippen LogP contribution < -0.4 is 10.5 Å². The van der Waals surface area contributed by atoms with E-state index in [-0.39, 0.29) is 17.9 Å². The highest BCUT2D eigenvalue weighted by Gasteiger charge is 2.34. The number of nitrogens with two attached hydrogens (primary N) is 1. The molecule has 2 aromatic rings. The molecule has 0 amide bonds. The van der Waals surface area contributed by atoms with Gasteiger partial charge < -0.3 is 10.5 Å². The van der Waals surface area contributed by atoms with Gasteiger partial charge in [0.1, 0.15) is 23.9 Å². The first-order chi connectivity index (χ1) is 11.5. The minimum absolute atomic E-state index is 0.0337. The Morgan fingerprint density at radius 2 is 1.68 bits per heavy atom.